The molecule has 0 fully saturated rings. The van der Waals surface area contributed by atoms with Crippen molar-refractivity contribution in [3.8, 4) is 0 Å². The molecule has 4 N–H and O–H groups in total. The number of carbonyl (C=O) groups is 3. The van der Waals surface area contributed by atoms with Gasteiger partial charge < -0.3 is 16.2 Å². The minimum atomic E-state index is -1.32. The summed E-state index contributed by atoms with van der Waals surface area (Å²) < 4.78 is 0. The topological polar surface area (TPSA) is 109 Å². The van der Waals surface area contributed by atoms with Gasteiger partial charge in [0.1, 0.15) is 6.04 Å². The van der Waals surface area contributed by atoms with Crippen molar-refractivity contribution >= 4 is 41.1 Å². The molecule has 0 saturated heterocycles. The lowest BCUT2D eigenvalue weighted by Gasteiger charge is -2.16. The predicted molar refractivity (Wildman–Crippen MR) is 80.1 cm³/mol. The zero-order valence-electron chi connectivity index (χ0n) is 11.2. The molecule has 114 valence electrons. The first kappa shape index (κ1) is 17.3. The molecule has 0 spiro atoms. The molecule has 8 heteroatoms. The smallest absolute Gasteiger partial charge is 0.326 e. The highest BCUT2D eigenvalue weighted by molar-refractivity contribution is 8.00. The summed E-state index contributed by atoms with van der Waals surface area (Å²) in [5.74, 6) is -2.57. The lowest BCUT2D eigenvalue weighted by Crippen LogP contribution is -2.45. The van der Waals surface area contributed by atoms with Gasteiger partial charge in [-0.05, 0) is 31.2 Å². The Bertz CT molecular complexity index is 535. The summed E-state index contributed by atoms with van der Waals surface area (Å²) in [5.41, 5.74) is 4.95. The summed E-state index contributed by atoms with van der Waals surface area (Å²) in [6.07, 6.45) is -0.445. The van der Waals surface area contributed by atoms with Gasteiger partial charge in [-0.15, -0.1) is 11.8 Å². The Morgan fingerprint density at radius 1 is 1.33 bits per heavy atom. The minimum Gasteiger partial charge on any atom is -0.480 e. The number of aliphatic carboxylic acids is 1. The Morgan fingerprint density at radius 3 is 2.38 bits per heavy atom. The number of carbonyl (C=O) groups excluding carboxylic acids is 2. The number of rotatable bonds is 7. The molecule has 1 rings (SSSR count). The van der Waals surface area contributed by atoms with E-state index in [4.69, 9.17) is 22.4 Å². The van der Waals surface area contributed by atoms with Crippen LogP contribution in [-0.4, -0.2) is 34.2 Å². The number of carboxylic acids is 1. The maximum absolute atomic E-state index is 11.9. The minimum absolute atomic E-state index is 0.445. The van der Waals surface area contributed by atoms with E-state index in [1.807, 2.05) is 0 Å². The highest BCUT2D eigenvalue weighted by Gasteiger charge is 2.25. The van der Waals surface area contributed by atoms with Crippen LogP contribution in [0.3, 0.4) is 0 Å². The molecule has 0 aliphatic heterocycles. The summed E-state index contributed by atoms with van der Waals surface area (Å²) >= 11 is 7.02. The molecule has 1 aromatic rings. The van der Waals surface area contributed by atoms with Crippen LogP contribution >= 0.6 is 23.4 Å². The van der Waals surface area contributed by atoms with Crippen LogP contribution < -0.4 is 11.1 Å². The quantitative estimate of drug-likeness (QED) is 0.652. The fraction of sp³-hybridized carbons (Fsp3) is 0.308. The third-order valence-corrected chi connectivity index (χ3v) is 3.88. The molecule has 0 radical (unpaired) electrons. The van der Waals surface area contributed by atoms with Crippen molar-refractivity contribution in [1.29, 1.82) is 0 Å². The molecule has 2 atom stereocenters. The summed E-state index contributed by atoms with van der Waals surface area (Å²) in [5, 5.41) is 11.3. The predicted octanol–water partition coefficient (Wildman–Crippen LogP) is 1.27. The highest BCUT2D eigenvalue weighted by Crippen LogP contribution is 2.24. The van der Waals surface area contributed by atoms with E-state index < -0.39 is 35.5 Å². The van der Waals surface area contributed by atoms with Crippen molar-refractivity contribution in [1.82, 2.24) is 5.32 Å². The van der Waals surface area contributed by atoms with Gasteiger partial charge in [0.2, 0.25) is 11.8 Å². The van der Waals surface area contributed by atoms with E-state index in [1.165, 1.54) is 11.8 Å². The molecule has 2 amide bonds. The molecule has 1 aromatic carbocycles. The van der Waals surface area contributed by atoms with Crippen LogP contribution in [0.25, 0.3) is 0 Å². The monoisotopic (exact) mass is 330 g/mol. The number of carboxylic acid groups (broad SMARTS) is 1. The molecule has 0 saturated carbocycles. The van der Waals surface area contributed by atoms with Crippen LogP contribution in [0.4, 0.5) is 0 Å². The van der Waals surface area contributed by atoms with Gasteiger partial charge in [-0.3, -0.25) is 9.59 Å². The van der Waals surface area contributed by atoms with Gasteiger partial charge in [0.15, 0.2) is 0 Å². The van der Waals surface area contributed by atoms with Crippen molar-refractivity contribution in [3.05, 3.63) is 29.3 Å². The third kappa shape index (κ3) is 6.05. The standard InChI is InChI=1S/C13H15ClN2O4S/c1-7(21-9-4-2-8(14)3-5-9)12(18)16-10(13(19)20)6-11(15)17/h2-5,7,10H,6H2,1H3,(H2,15,17)(H,16,18)(H,19,20). The van der Waals surface area contributed by atoms with Crippen molar-refractivity contribution in [2.75, 3.05) is 0 Å². The van der Waals surface area contributed by atoms with Gasteiger partial charge in [-0.25, -0.2) is 4.79 Å². The summed E-state index contributed by atoms with van der Waals surface area (Å²) in [6, 6.07) is 5.59. The number of nitrogens with two attached hydrogens (primary N) is 1. The number of hydrogen-bond acceptors (Lipinski definition) is 4. The molecular weight excluding hydrogens is 316 g/mol. The first-order chi connectivity index (χ1) is 9.79. The van der Waals surface area contributed by atoms with E-state index in [2.05, 4.69) is 5.32 Å². The Morgan fingerprint density at radius 2 is 1.90 bits per heavy atom. The molecule has 0 aromatic heterocycles. The summed E-state index contributed by atoms with van der Waals surface area (Å²) in [4.78, 5) is 34.5. The number of thioether (sulfide) groups is 1. The van der Waals surface area contributed by atoms with Crippen LogP contribution in [-0.2, 0) is 14.4 Å². The average Bonchev–Trinajstić information content (AvgIpc) is 2.39. The van der Waals surface area contributed by atoms with Crippen molar-refractivity contribution in [3.63, 3.8) is 0 Å². The number of benzene rings is 1. The first-order valence-corrected chi connectivity index (χ1v) is 7.29. The van der Waals surface area contributed by atoms with Crippen LogP contribution in [0.2, 0.25) is 5.02 Å². The normalized spacial score (nSPS) is 13.2. The highest BCUT2D eigenvalue weighted by atomic mass is 35.5. The first-order valence-electron chi connectivity index (χ1n) is 6.03. The number of hydrogen-bond donors (Lipinski definition) is 3. The molecule has 6 nitrogen and oxygen atoms in total. The number of primary amides is 1. The fourth-order valence-electron chi connectivity index (χ4n) is 1.46. The van der Waals surface area contributed by atoms with Crippen LogP contribution in [0, 0.1) is 0 Å². The molecule has 21 heavy (non-hydrogen) atoms. The van der Waals surface area contributed by atoms with Gasteiger partial charge >= 0.3 is 5.97 Å². The lowest BCUT2D eigenvalue weighted by atomic mass is 10.2. The van der Waals surface area contributed by atoms with Gasteiger partial charge in [0.25, 0.3) is 0 Å². The maximum atomic E-state index is 11.9. The van der Waals surface area contributed by atoms with Gasteiger partial charge in [-0.1, -0.05) is 11.6 Å². The number of amides is 2. The van der Waals surface area contributed by atoms with Gasteiger partial charge in [0, 0.05) is 9.92 Å². The van der Waals surface area contributed by atoms with E-state index in [0.717, 1.165) is 4.90 Å². The fourth-order valence-corrected chi connectivity index (χ4v) is 2.46. The van der Waals surface area contributed by atoms with Crippen molar-refractivity contribution in [2.45, 2.75) is 29.5 Å². The number of halogens is 1. The van der Waals surface area contributed by atoms with E-state index in [9.17, 15) is 14.4 Å². The molecule has 0 aliphatic rings. The van der Waals surface area contributed by atoms with Crippen molar-refractivity contribution in [2.24, 2.45) is 5.73 Å². The molecule has 0 heterocycles. The van der Waals surface area contributed by atoms with Crippen LogP contribution in [0.15, 0.2) is 29.2 Å². The SMILES string of the molecule is CC(Sc1ccc(Cl)cc1)C(=O)NC(CC(N)=O)C(=O)O. The Hall–Kier alpha value is -1.73. The second-order valence-corrected chi connectivity index (χ2v) is 6.13. The van der Waals surface area contributed by atoms with Crippen LogP contribution in [0.5, 0.6) is 0 Å². The summed E-state index contributed by atoms with van der Waals surface area (Å²) in [6.45, 7) is 1.64. The zero-order valence-corrected chi connectivity index (χ0v) is 12.8. The number of nitrogens with one attached hydrogen (secondary N) is 1. The Labute approximate surface area is 131 Å². The average molecular weight is 331 g/mol. The second-order valence-electron chi connectivity index (χ2n) is 4.28. The largest absolute Gasteiger partial charge is 0.480 e. The van der Waals surface area contributed by atoms with E-state index in [0.29, 0.717) is 5.02 Å². The Kier molecular flexibility index (Phi) is 6.51. The Balaban J connectivity index is 2.62. The second kappa shape index (κ2) is 7.90. The molecule has 2 unspecified atom stereocenters. The third-order valence-electron chi connectivity index (χ3n) is 2.52. The molecule has 0 aliphatic carbocycles. The van der Waals surface area contributed by atoms with Crippen LogP contribution in [0.1, 0.15) is 13.3 Å². The van der Waals surface area contributed by atoms with E-state index >= 15 is 0 Å². The van der Waals surface area contributed by atoms with E-state index in [1.54, 1.807) is 31.2 Å². The van der Waals surface area contributed by atoms with Crippen molar-refractivity contribution < 1.29 is 19.5 Å². The molecule has 0 bridgehead atoms. The summed E-state index contributed by atoms with van der Waals surface area (Å²) in [7, 11) is 0. The maximum Gasteiger partial charge on any atom is 0.326 e. The molecular formula is C13H15ClN2O4S. The zero-order chi connectivity index (χ0) is 16.0. The van der Waals surface area contributed by atoms with Gasteiger partial charge in [-0.2, -0.15) is 0 Å². The van der Waals surface area contributed by atoms with E-state index in [-0.39, 0.29) is 0 Å². The lowest BCUT2D eigenvalue weighted by molar-refractivity contribution is -0.143. The van der Waals surface area contributed by atoms with Gasteiger partial charge in [0.05, 0.1) is 11.7 Å².